The molecule has 1 aromatic heterocycles. The van der Waals surface area contributed by atoms with Gasteiger partial charge in [-0.05, 0) is 67.7 Å². The molecular weight excluding hydrogens is 464 g/mol. The summed E-state index contributed by atoms with van der Waals surface area (Å²) in [7, 11) is 0. The molecule has 8 heteroatoms. The van der Waals surface area contributed by atoms with Crippen molar-refractivity contribution in [2.24, 2.45) is 11.8 Å². The Morgan fingerprint density at radius 1 is 1.11 bits per heavy atom. The summed E-state index contributed by atoms with van der Waals surface area (Å²) in [5, 5.41) is 13.8. The number of piperidine rings is 1. The molecule has 3 aliphatic heterocycles. The number of pyridine rings is 1. The molecule has 186 valence electrons. The van der Waals surface area contributed by atoms with E-state index in [1.807, 2.05) is 9.80 Å². The molecule has 35 heavy (non-hydrogen) atoms. The average molecular weight is 497 g/mol. The number of aliphatic carboxylic acids is 1. The molecule has 0 spiro atoms. The molecule has 1 amide bonds. The minimum absolute atomic E-state index is 0.158. The number of carbonyl (C=O) groups is 2. The van der Waals surface area contributed by atoms with E-state index in [0.717, 1.165) is 63.3 Å². The molecule has 3 aliphatic rings. The van der Waals surface area contributed by atoms with E-state index < -0.39 is 12.0 Å². The van der Waals surface area contributed by atoms with E-state index in [0.29, 0.717) is 36.0 Å². The summed E-state index contributed by atoms with van der Waals surface area (Å²) in [6, 6.07) is 10.6. The lowest BCUT2D eigenvalue weighted by Crippen LogP contribution is -2.43. The zero-order valence-corrected chi connectivity index (χ0v) is 20.7. The Morgan fingerprint density at radius 2 is 1.91 bits per heavy atom. The second-order valence-corrected chi connectivity index (χ2v) is 10.5. The molecule has 2 fully saturated rings. The third-order valence-corrected chi connectivity index (χ3v) is 8.09. The van der Waals surface area contributed by atoms with Gasteiger partial charge in [0.1, 0.15) is 11.9 Å². The molecular formula is C27H33ClN4O3. The van der Waals surface area contributed by atoms with E-state index in [9.17, 15) is 14.7 Å². The highest BCUT2D eigenvalue weighted by atomic mass is 35.5. The number of carbonyl (C=O) groups excluding carboxylic acids is 1. The maximum Gasteiger partial charge on any atom is 0.325 e. The van der Waals surface area contributed by atoms with Gasteiger partial charge in [-0.1, -0.05) is 35.9 Å². The van der Waals surface area contributed by atoms with Crippen LogP contribution >= 0.6 is 11.6 Å². The van der Waals surface area contributed by atoms with Crippen LogP contribution in [0.25, 0.3) is 0 Å². The quantitative estimate of drug-likeness (QED) is 0.628. The predicted molar refractivity (Wildman–Crippen MR) is 136 cm³/mol. The lowest BCUT2D eigenvalue weighted by atomic mass is 9.91. The molecule has 5 rings (SSSR count). The number of benzene rings is 1. The van der Waals surface area contributed by atoms with Gasteiger partial charge in [0.2, 0.25) is 5.91 Å². The number of carboxylic acid groups (broad SMARTS) is 1. The molecule has 2 atom stereocenters. The topological polar surface area (TPSA) is 85.8 Å². The molecule has 0 saturated carbocycles. The van der Waals surface area contributed by atoms with Crippen LogP contribution in [0.5, 0.6) is 0 Å². The first-order valence-electron chi connectivity index (χ1n) is 12.7. The number of carboxylic acids is 1. The highest BCUT2D eigenvalue weighted by Gasteiger charge is 2.39. The number of rotatable bonds is 6. The monoisotopic (exact) mass is 496 g/mol. The van der Waals surface area contributed by atoms with Gasteiger partial charge in [0.05, 0.1) is 5.92 Å². The number of fused-ring (bicyclic) bond motifs is 1. The molecule has 2 N–H and O–H groups in total. The van der Waals surface area contributed by atoms with Crippen LogP contribution in [-0.4, -0.2) is 64.5 Å². The molecule has 0 bridgehead atoms. The molecule has 0 radical (unpaired) electrons. The minimum atomic E-state index is -0.932. The number of hydrogen-bond donors (Lipinski definition) is 2. The Bertz CT molecular complexity index is 1090. The van der Waals surface area contributed by atoms with Gasteiger partial charge in [-0.25, -0.2) is 4.98 Å². The zero-order chi connectivity index (χ0) is 24.4. The van der Waals surface area contributed by atoms with E-state index in [-0.39, 0.29) is 11.8 Å². The molecule has 0 aliphatic carbocycles. The Hall–Kier alpha value is -2.64. The van der Waals surface area contributed by atoms with E-state index in [4.69, 9.17) is 16.6 Å². The highest BCUT2D eigenvalue weighted by molar-refractivity contribution is 6.31. The molecule has 0 unspecified atom stereocenters. The van der Waals surface area contributed by atoms with Crippen molar-refractivity contribution in [3.63, 3.8) is 0 Å². The molecule has 2 saturated heterocycles. The summed E-state index contributed by atoms with van der Waals surface area (Å²) in [5.41, 5.74) is 3.03. The number of aromatic nitrogens is 1. The number of hydrogen-bond acceptors (Lipinski definition) is 5. The first-order chi connectivity index (χ1) is 17.0. The van der Waals surface area contributed by atoms with Crippen LogP contribution in [0, 0.1) is 11.8 Å². The SMILES string of the molecule is O=C(O)[C@@H](c1ccccc1Cl)N1CC[C@@H](C(=O)N2CCC(Cc3ccc4c(n3)NCCC4)CC2)C1. The maximum absolute atomic E-state index is 13.3. The van der Waals surface area contributed by atoms with Crippen LogP contribution in [0.1, 0.15) is 48.5 Å². The fraction of sp³-hybridized carbons (Fsp3) is 0.519. The van der Waals surface area contributed by atoms with Crippen molar-refractivity contribution in [3.05, 3.63) is 58.2 Å². The number of amides is 1. The van der Waals surface area contributed by atoms with Crippen LogP contribution in [0.15, 0.2) is 36.4 Å². The smallest absolute Gasteiger partial charge is 0.325 e. The van der Waals surface area contributed by atoms with Gasteiger partial charge in [-0.3, -0.25) is 14.5 Å². The van der Waals surface area contributed by atoms with Crippen LogP contribution in [0.4, 0.5) is 5.82 Å². The van der Waals surface area contributed by atoms with Crippen LogP contribution in [0.2, 0.25) is 5.02 Å². The summed E-state index contributed by atoms with van der Waals surface area (Å²) in [4.78, 5) is 34.1. The second kappa shape index (κ2) is 10.5. The molecule has 2 aromatic rings. The first-order valence-corrected chi connectivity index (χ1v) is 13.1. The summed E-state index contributed by atoms with van der Waals surface area (Å²) in [5.74, 6) is 0.640. The largest absolute Gasteiger partial charge is 0.480 e. The Labute approximate surface area is 211 Å². The average Bonchev–Trinajstić information content (AvgIpc) is 3.35. The maximum atomic E-state index is 13.3. The fourth-order valence-corrected chi connectivity index (χ4v) is 6.04. The van der Waals surface area contributed by atoms with Gasteiger partial charge in [0.25, 0.3) is 0 Å². The Balaban J connectivity index is 1.15. The highest BCUT2D eigenvalue weighted by Crippen LogP contribution is 2.33. The molecule has 4 heterocycles. The van der Waals surface area contributed by atoms with Crippen LogP contribution < -0.4 is 5.32 Å². The Kier molecular flexibility index (Phi) is 7.25. The number of aryl methyl sites for hydroxylation is 1. The lowest BCUT2D eigenvalue weighted by Gasteiger charge is -2.34. The van der Waals surface area contributed by atoms with Crippen molar-refractivity contribution in [1.82, 2.24) is 14.8 Å². The summed E-state index contributed by atoms with van der Waals surface area (Å²) < 4.78 is 0. The summed E-state index contributed by atoms with van der Waals surface area (Å²) in [6.45, 7) is 3.54. The van der Waals surface area contributed by atoms with Crippen LogP contribution in [0.3, 0.4) is 0 Å². The third-order valence-electron chi connectivity index (χ3n) is 7.74. The van der Waals surface area contributed by atoms with Crippen molar-refractivity contribution < 1.29 is 14.7 Å². The molecule has 7 nitrogen and oxygen atoms in total. The number of likely N-dealkylation sites (tertiary alicyclic amines) is 2. The standard InChI is InChI=1S/C27H33ClN4O3/c28-23-6-2-1-5-22(23)24(27(34)35)32-15-11-20(17-32)26(33)31-13-9-18(10-14-31)16-21-8-7-19-4-3-12-29-25(19)30-21/h1-2,5-8,18,20,24H,3-4,9-17H2,(H,29,30)(H,34,35)/t20-,24-/m1/s1. The normalized spacial score (nSPS) is 21.9. The lowest BCUT2D eigenvalue weighted by molar-refractivity contribution is -0.144. The predicted octanol–water partition coefficient (Wildman–Crippen LogP) is 4.02. The van der Waals surface area contributed by atoms with Gasteiger partial charge >= 0.3 is 5.97 Å². The van der Waals surface area contributed by atoms with Gasteiger partial charge in [-0.15, -0.1) is 0 Å². The number of nitrogens with zero attached hydrogens (tertiary/aromatic N) is 3. The van der Waals surface area contributed by atoms with Gasteiger partial charge < -0.3 is 15.3 Å². The fourth-order valence-electron chi connectivity index (χ4n) is 5.80. The van der Waals surface area contributed by atoms with E-state index >= 15 is 0 Å². The number of anilines is 1. The Morgan fingerprint density at radius 3 is 2.69 bits per heavy atom. The van der Waals surface area contributed by atoms with E-state index in [2.05, 4.69) is 17.4 Å². The van der Waals surface area contributed by atoms with Gasteiger partial charge in [0, 0.05) is 43.4 Å². The number of halogens is 1. The summed E-state index contributed by atoms with van der Waals surface area (Å²) in [6.07, 6.45) is 5.85. The van der Waals surface area contributed by atoms with Crippen molar-refractivity contribution in [2.75, 3.05) is 38.0 Å². The molecule has 1 aromatic carbocycles. The van der Waals surface area contributed by atoms with E-state index in [1.165, 1.54) is 5.56 Å². The van der Waals surface area contributed by atoms with Crippen LogP contribution in [-0.2, 0) is 22.4 Å². The van der Waals surface area contributed by atoms with Gasteiger partial charge in [-0.2, -0.15) is 0 Å². The third kappa shape index (κ3) is 5.31. The summed E-state index contributed by atoms with van der Waals surface area (Å²) >= 11 is 6.30. The van der Waals surface area contributed by atoms with Crippen molar-refractivity contribution in [1.29, 1.82) is 0 Å². The van der Waals surface area contributed by atoms with E-state index in [1.54, 1.807) is 24.3 Å². The van der Waals surface area contributed by atoms with Crippen molar-refractivity contribution in [2.45, 2.75) is 44.6 Å². The first kappa shape index (κ1) is 24.1. The minimum Gasteiger partial charge on any atom is -0.480 e. The van der Waals surface area contributed by atoms with Crippen molar-refractivity contribution in [3.8, 4) is 0 Å². The van der Waals surface area contributed by atoms with Gasteiger partial charge in [0.15, 0.2) is 0 Å². The number of nitrogens with one attached hydrogen (secondary N) is 1. The van der Waals surface area contributed by atoms with Crippen molar-refractivity contribution >= 4 is 29.3 Å². The second-order valence-electron chi connectivity index (χ2n) is 10.1. The zero-order valence-electron chi connectivity index (χ0n) is 20.0.